The highest BCUT2D eigenvalue weighted by atomic mass is 16.3. The molecular weight excluding hydrogens is 656 g/mol. The fourth-order valence-corrected chi connectivity index (χ4v) is 15.0. The summed E-state index contributed by atoms with van der Waals surface area (Å²) in [4.78, 5) is 35.9. The van der Waals surface area contributed by atoms with Crippen molar-refractivity contribution in [2.24, 2.45) is 10.8 Å². The number of hydrogen-bond acceptors (Lipinski definition) is 8. The number of phenolic OH excluding ortho intramolecular Hbond substituents is 4. The van der Waals surface area contributed by atoms with Crippen LogP contribution in [0.1, 0.15) is 116 Å². The average molecular weight is 711 g/mol. The molecule has 4 N–H and O–H groups in total. The van der Waals surface area contributed by atoms with Crippen LogP contribution in [-0.4, -0.2) is 92.4 Å². The maximum atomic E-state index is 13.6. The molecular formula is C42H54N4O6. The SMILES string of the molecule is CC[C@@]12CCCN3CC[C@@]4(c5cc(-c6cc7c(c(O)c6O)N(C(C)=O)[C@@H]6CC[C@]8(CC)CCCN9CC[C@@]76[C@@H]98)c(O)c(O)c5N(C(C)=O)[C@H]4CC1)[C@H]32. The molecule has 278 valence electrons. The minimum atomic E-state index is -0.433. The van der Waals surface area contributed by atoms with Crippen molar-refractivity contribution in [3.05, 3.63) is 23.3 Å². The Balaban J connectivity index is 1.22. The highest BCUT2D eigenvalue weighted by Gasteiger charge is 2.71. The van der Waals surface area contributed by atoms with Crippen molar-refractivity contribution >= 4 is 23.2 Å². The van der Waals surface area contributed by atoms with E-state index in [1.807, 2.05) is 12.1 Å². The number of hydrogen-bond donors (Lipinski definition) is 4. The predicted octanol–water partition coefficient (Wildman–Crippen LogP) is 6.24. The van der Waals surface area contributed by atoms with Crippen molar-refractivity contribution in [3.8, 4) is 34.1 Å². The van der Waals surface area contributed by atoms with Gasteiger partial charge in [-0.15, -0.1) is 0 Å². The first-order valence-corrected chi connectivity index (χ1v) is 20.2. The Kier molecular flexibility index (Phi) is 6.74. The van der Waals surface area contributed by atoms with Gasteiger partial charge in [0, 0.05) is 60.0 Å². The summed E-state index contributed by atoms with van der Waals surface area (Å²) in [5, 5.41) is 48.2. The first-order valence-electron chi connectivity index (χ1n) is 20.2. The number of piperidine rings is 2. The number of benzene rings is 2. The number of carbonyl (C=O) groups excluding carboxylic acids is 2. The van der Waals surface area contributed by atoms with Gasteiger partial charge in [-0.1, -0.05) is 13.8 Å². The van der Waals surface area contributed by atoms with Gasteiger partial charge in [0.25, 0.3) is 0 Å². The zero-order valence-corrected chi connectivity index (χ0v) is 31.2. The normalized spacial score (nSPS) is 38.4. The molecule has 0 unspecified atom stereocenters. The smallest absolute Gasteiger partial charge is 0.224 e. The van der Waals surface area contributed by atoms with Gasteiger partial charge in [-0.25, -0.2) is 0 Å². The van der Waals surface area contributed by atoms with Gasteiger partial charge in [-0.2, -0.15) is 0 Å². The van der Waals surface area contributed by atoms with Crippen molar-refractivity contribution in [3.63, 3.8) is 0 Å². The minimum Gasteiger partial charge on any atom is -0.504 e. The molecule has 0 aromatic heterocycles. The second-order valence-electron chi connectivity index (χ2n) is 18.0. The summed E-state index contributed by atoms with van der Waals surface area (Å²) in [5.74, 6) is -1.78. The van der Waals surface area contributed by atoms with Gasteiger partial charge in [0.1, 0.15) is 0 Å². The number of nitrogens with zero attached hydrogens (tertiary/aromatic N) is 4. The zero-order valence-electron chi connectivity index (χ0n) is 31.2. The maximum absolute atomic E-state index is 13.6. The van der Waals surface area contributed by atoms with E-state index in [9.17, 15) is 30.0 Å². The van der Waals surface area contributed by atoms with Crippen LogP contribution in [0.25, 0.3) is 11.1 Å². The van der Waals surface area contributed by atoms with Crippen molar-refractivity contribution in [2.45, 2.75) is 140 Å². The van der Waals surface area contributed by atoms with Gasteiger partial charge in [0.05, 0.1) is 11.4 Å². The summed E-state index contributed by atoms with van der Waals surface area (Å²) < 4.78 is 0. The number of fused-ring (bicyclic) bond motifs is 2. The van der Waals surface area contributed by atoms with Crippen molar-refractivity contribution in [2.75, 3.05) is 36.0 Å². The molecule has 10 heteroatoms. The van der Waals surface area contributed by atoms with Crippen LogP contribution in [-0.2, 0) is 20.4 Å². The lowest BCUT2D eigenvalue weighted by atomic mass is 9.52. The molecule has 2 aliphatic carbocycles. The van der Waals surface area contributed by atoms with Gasteiger partial charge in [0.2, 0.25) is 11.8 Å². The molecule has 2 spiro atoms. The quantitative estimate of drug-likeness (QED) is 0.276. The molecule has 2 amide bonds. The van der Waals surface area contributed by atoms with Crippen LogP contribution in [0.5, 0.6) is 23.0 Å². The lowest BCUT2D eigenvalue weighted by Crippen LogP contribution is -2.65. The van der Waals surface area contributed by atoms with Crippen molar-refractivity contribution in [1.29, 1.82) is 0 Å². The van der Waals surface area contributed by atoms with Crippen LogP contribution in [0, 0.1) is 10.8 Å². The Morgan fingerprint density at radius 1 is 0.615 bits per heavy atom. The Morgan fingerprint density at radius 3 is 1.38 bits per heavy atom. The minimum absolute atomic E-state index is 0.0996. The molecule has 6 heterocycles. The third-order valence-electron chi connectivity index (χ3n) is 16.7. The standard InChI is InChI=1S/C42H54N4O6/c1-5-39-11-7-17-43-19-15-41(37(39)43)27-21-25(33(49)35(51)31(27)45(23(3)47)29(41)9-13-39)26-22-28-32(36(52)34(26)50)46(24(4)48)30-10-14-40(6-2)12-8-18-44-20-16-42(28,30)38(40)44/h21-22,29-30,37-38,49-52H,5-20H2,1-4H3/t29-,30+,37+,38-,39+,40-,41-,42+. The van der Waals surface area contributed by atoms with Crippen molar-refractivity contribution < 1.29 is 30.0 Å². The Hall–Kier alpha value is -3.50. The molecule has 2 saturated carbocycles. The van der Waals surface area contributed by atoms with E-state index in [1.54, 1.807) is 23.6 Å². The Morgan fingerprint density at radius 2 is 1.02 bits per heavy atom. The molecule has 0 bridgehead atoms. The fourth-order valence-electron chi connectivity index (χ4n) is 15.0. The van der Waals surface area contributed by atoms with Gasteiger partial charge < -0.3 is 30.2 Å². The van der Waals surface area contributed by atoms with Crippen LogP contribution < -0.4 is 9.80 Å². The van der Waals surface area contributed by atoms with E-state index in [-0.39, 0.29) is 69.4 Å². The van der Waals surface area contributed by atoms with Gasteiger partial charge in [-0.05, 0) is 137 Å². The molecule has 6 fully saturated rings. The number of amides is 2. The van der Waals surface area contributed by atoms with Gasteiger partial charge >= 0.3 is 0 Å². The first kappa shape index (κ1) is 33.1. The average Bonchev–Trinajstić information content (AvgIpc) is 3.88. The highest BCUT2D eigenvalue weighted by molar-refractivity contribution is 6.03. The number of aromatic hydroxyl groups is 4. The molecule has 4 saturated heterocycles. The molecule has 10 nitrogen and oxygen atoms in total. The zero-order chi connectivity index (χ0) is 36.3. The second kappa shape index (κ2) is 10.6. The summed E-state index contributed by atoms with van der Waals surface area (Å²) in [6.07, 6.45) is 12.1. The lowest BCUT2D eigenvalue weighted by molar-refractivity contribution is -0.118. The van der Waals surface area contributed by atoms with Gasteiger partial charge in [0.15, 0.2) is 23.0 Å². The van der Waals surface area contributed by atoms with E-state index in [1.165, 1.54) is 0 Å². The highest BCUT2D eigenvalue weighted by Crippen LogP contribution is 2.71. The summed E-state index contributed by atoms with van der Waals surface area (Å²) in [6, 6.07) is 4.00. The Labute approximate surface area is 306 Å². The topological polar surface area (TPSA) is 128 Å². The maximum Gasteiger partial charge on any atom is 0.224 e. The molecule has 8 atom stereocenters. The molecule has 2 aromatic carbocycles. The lowest BCUT2D eigenvalue weighted by Gasteiger charge is -2.58. The van der Waals surface area contributed by atoms with E-state index < -0.39 is 22.3 Å². The second-order valence-corrected chi connectivity index (χ2v) is 18.0. The van der Waals surface area contributed by atoms with E-state index in [0.29, 0.717) is 11.4 Å². The van der Waals surface area contributed by atoms with Crippen LogP contribution in [0.4, 0.5) is 11.4 Å². The van der Waals surface area contributed by atoms with Crippen LogP contribution >= 0.6 is 0 Å². The number of carbonyl (C=O) groups is 2. The summed E-state index contributed by atoms with van der Waals surface area (Å²) in [7, 11) is 0. The Bertz CT molecular complexity index is 1810. The number of anilines is 2. The summed E-state index contributed by atoms with van der Waals surface area (Å²) in [5.41, 5.74) is 2.39. The largest absolute Gasteiger partial charge is 0.504 e. The van der Waals surface area contributed by atoms with E-state index in [0.717, 1.165) is 114 Å². The molecule has 0 radical (unpaired) electrons. The fraction of sp³-hybridized carbons (Fsp3) is 0.667. The third-order valence-corrected chi connectivity index (χ3v) is 16.7. The van der Waals surface area contributed by atoms with E-state index in [2.05, 4.69) is 23.6 Å². The van der Waals surface area contributed by atoms with Crippen LogP contribution in [0.3, 0.4) is 0 Å². The number of phenols is 4. The molecule has 8 aliphatic rings. The molecule has 52 heavy (non-hydrogen) atoms. The van der Waals surface area contributed by atoms with Crippen molar-refractivity contribution in [1.82, 2.24) is 9.80 Å². The number of rotatable bonds is 3. The van der Waals surface area contributed by atoms with E-state index >= 15 is 0 Å². The monoisotopic (exact) mass is 710 g/mol. The molecule has 6 aliphatic heterocycles. The molecule has 10 rings (SSSR count). The van der Waals surface area contributed by atoms with Crippen LogP contribution in [0.2, 0.25) is 0 Å². The predicted molar refractivity (Wildman–Crippen MR) is 198 cm³/mol. The first-order chi connectivity index (χ1) is 24.9. The van der Waals surface area contributed by atoms with Crippen LogP contribution in [0.15, 0.2) is 12.1 Å². The molecule has 2 aromatic rings. The van der Waals surface area contributed by atoms with Gasteiger partial charge in [-0.3, -0.25) is 19.4 Å². The summed E-state index contributed by atoms with van der Waals surface area (Å²) >= 11 is 0. The summed E-state index contributed by atoms with van der Waals surface area (Å²) in [6.45, 7) is 11.6. The van der Waals surface area contributed by atoms with E-state index in [4.69, 9.17) is 0 Å². The third kappa shape index (κ3) is 3.56.